The van der Waals surface area contributed by atoms with Gasteiger partial charge in [-0.05, 0) is 59.1 Å². The number of ether oxygens (including phenoxy) is 1. The number of carbonyl (C=O) groups excluding carboxylic acids is 3. The summed E-state index contributed by atoms with van der Waals surface area (Å²) in [7, 11) is 0. The van der Waals surface area contributed by atoms with E-state index in [1.165, 1.54) is 11.8 Å². The number of rotatable bonds is 3. The minimum absolute atomic E-state index is 0.0632. The summed E-state index contributed by atoms with van der Waals surface area (Å²) in [4.78, 5) is 38.0. The third kappa shape index (κ3) is 4.81. The fraction of sp³-hybridized carbons (Fsp3) is 0.526. The molecule has 0 bridgehead atoms. The van der Waals surface area contributed by atoms with Gasteiger partial charge in [0.05, 0.1) is 0 Å². The van der Waals surface area contributed by atoms with E-state index in [0.29, 0.717) is 24.2 Å². The Morgan fingerprint density at radius 2 is 1.92 bits per heavy atom. The lowest BCUT2D eigenvalue weighted by Gasteiger charge is -2.28. The second-order valence-corrected chi connectivity index (χ2v) is 7.41. The van der Waals surface area contributed by atoms with Crippen molar-refractivity contribution >= 4 is 23.5 Å². The predicted molar refractivity (Wildman–Crippen MR) is 95.8 cm³/mol. The summed E-state index contributed by atoms with van der Waals surface area (Å²) in [5.41, 5.74) is 1.39. The van der Waals surface area contributed by atoms with E-state index in [1.807, 2.05) is 6.92 Å². The van der Waals surface area contributed by atoms with Crippen molar-refractivity contribution < 1.29 is 19.1 Å². The molecule has 1 heterocycles. The third-order valence-corrected chi connectivity index (χ3v) is 4.09. The number of amides is 2. The van der Waals surface area contributed by atoms with Crippen LogP contribution in [0.3, 0.4) is 0 Å². The maximum Gasteiger partial charge on any atom is 0.410 e. The van der Waals surface area contributed by atoms with Crippen LogP contribution in [0.2, 0.25) is 0 Å². The number of Topliss-reactive ketones (excluding diaryl/α,β-unsaturated/α-hetero) is 1. The van der Waals surface area contributed by atoms with Gasteiger partial charge in [-0.2, -0.15) is 0 Å². The van der Waals surface area contributed by atoms with Crippen LogP contribution in [0, 0.1) is 6.92 Å². The molecule has 0 unspecified atom stereocenters. The van der Waals surface area contributed by atoms with E-state index in [1.54, 1.807) is 39.0 Å². The summed E-state index contributed by atoms with van der Waals surface area (Å²) in [5.74, 6) is -0.320. The van der Waals surface area contributed by atoms with Crippen LogP contribution in [0.15, 0.2) is 18.2 Å². The largest absolute Gasteiger partial charge is 0.444 e. The minimum atomic E-state index is -0.604. The Bertz CT molecular complexity index is 691. The summed E-state index contributed by atoms with van der Waals surface area (Å²) in [6.07, 6.45) is 0.875. The van der Waals surface area contributed by atoms with Crippen molar-refractivity contribution in [2.75, 3.05) is 11.9 Å². The first-order valence-electron chi connectivity index (χ1n) is 8.50. The highest BCUT2D eigenvalue weighted by atomic mass is 16.6. The van der Waals surface area contributed by atoms with Crippen molar-refractivity contribution in [2.45, 2.75) is 59.1 Å². The van der Waals surface area contributed by atoms with E-state index in [4.69, 9.17) is 4.74 Å². The molecule has 0 aliphatic carbocycles. The molecule has 1 aliphatic heterocycles. The number of ketones is 1. The highest BCUT2D eigenvalue weighted by molar-refractivity contribution is 6.00. The highest BCUT2D eigenvalue weighted by Gasteiger charge is 2.36. The van der Waals surface area contributed by atoms with Crippen molar-refractivity contribution in [3.63, 3.8) is 0 Å². The Hall–Kier alpha value is -2.37. The molecule has 136 valence electrons. The van der Waals surface area contributed by atoms with E-state index in [-0.39, 0.29) is 11.7 Å². The van der Waals surface area contributed by atoms with Gasteiger partial charge in [-0.1, -0.05) is 12.1 Å². The van der Waals surface area contributed by atoms with Crippen LogP contribution in [-0.2, 0) is 9.53 Å². The van der Waals surface area contributed by atoms with Crippen LogP contribution in [0.5, 0.6) is 0 Å². The van der Waals surface area contributed by atoms with E-state index in [0.717, 1.165) is 12.0 Å². The first kappa shape index (κ1) is 19.0. The number of nitrogens with one attached hydrogen (secondary N) is 1. The van der Waals surface area contributed by atoms with E-state index in [2.05, 4.69) is 5.32 Å². The molecule has 1 fully saturated rings. The molecule has 1 aromatic carbocycles. The Labute approximate surface area is 148 Å². The second-order valence-electron chi connectivity index (χ2n) is 7.41. The first-order valence-corrected chi connectivity index (χ1v) is 8.50. The molecule has 1 saturated heterocycles. The van der Waals surface area contributed by atoms with Gasteiger partial charge in [0.2, 0.25) is 5.91 Å². The van der Waals surface area contributed by atoms with Gasteiger partial charge < -0.3 is 10.1 Å². The van der Waals surface area contributed by atoms with Crippen molar-refractivity contribution in [2.24, 2.45) is 0 Å². The normalized spacial score (nSPS) is 17.3. The molecule has 0 spiro atoms. The number of aryl methyl sites for hydroxylation is 1. The molecule has 0 saturated carbocycles. The Morgan fingerprint density at radius 3 is 2.52 bits per heavy atom. The number of hydrogen-bond donors (Lipinski definition) is 1. The monoisotopic (exact) mass is 346 g/mol. The SMILES string of the molecule is CC(=O)c1ccc(C)c(NC(=O)[C@@H]2CCCN2C(=O)OC(C)(C)C)c1. The summed E-state index contributed by atoms with van der Waals surface area (Å²) < 4.78 is 5.39. The fourth-order valence-corrected chi connectivity index (χ4v) is 2.77. The molecule has 2 amide bonds. The van der Waals surface area contributed by atoms with Crippen LogP contribution in [0.25, 0.3) is 0 Å². The topological polar surface area (TPSA) is 75.7 Å². The second kappa shape index (κ2) is 7.25. The lowest BCUT2D eigenvalue weighted by molar-refractivity contribution is -0.120. The number of anilines is 1. The molecule has 6 heteroatoms. The van der Waals surface area contributed by atoms with Gasteiger partial charge in [-0.3, -0.25) is 14.5 Å². The number of benzene rings is 1. The third-order valence-electron chi connectivity index (χ3n) is 4.09. The Kier molecular flexibility index (Phi) is 5.50. The predicted octanol–water partition coefficient (Wildman–Crippen LogP) is 3.54. The summed E-state index contributed by atoms with van der Waals surface area (Å²) in [6.45, 7) is 9.24. The highest BCUT2D eigenvalue weighted by Crippen LogP contribution is 2.24. The smallest absolute Gasteiger partial charge is 0.410 e. The molecule has 6 nitrogen and oxygen atoms in total. The molecule has 1 atom stereocenters. The standard InChI is InChI=1S/C19H26N2O4/c1-12-8-9-14(13(2)22)11-15(12)20-17(23)16-7-6-10-21(16)18(24)25-19(3,4)5/h8-9,11,16H,6-7,10H2,1-5H3,(H,20,23)/t16-/m0/s1. The minimum Gasteiger partial charge on any atom is -0.444 e. The maximum atomic E-state index is 12.7. The Morgan fingerprint density at radius 1 is 1.24 bits per heavy atom. The first-order chi connectivity index (χ1) is 11.6. The van der Waals surface area contributed by atoms with Crippen LogP contribution in [-0.4, -0.2) is 40.9 Å². The van der Waals surface area contributed by atoms with Gasteiger partial charge in [-0.25, -0.2) is 4.79 Å². The van der Waals surface area contributed by atoms with E-state index in [9.17, 15) is 14.4 Å². The average molecular weight is 346 g/mol. The molecular formula is C19H26N2O4. The van der Waals surface area contributed by atoms with Crippen LogP contribution in [0.1, 0.15) is 56.5 Å². The molecule has 25 heavy (non-hydrogen) atoms. The van der Waals surface area contributed by atoms with Crippen molar-refractivity contribution in [3.8, 4) is 0 Å². The Balaban J connectivity index is 2.13. The van der Waals surface area contributed by atoms with E-state index < -0.39 is 17.7 Å². The molecule has 1 aliphatic rings. The van der Waals surface area contributed by atoms with Gasteiger partial charge in [0.25, 0.3) is 0 Å². The van der Waals surface area contributed by atoms with Gasteiger partial charge in [-0.15, -0.1) is 0 Å². The van der Waals surface area contributed by atoms with Crippen molar-refractivity contribution in [1.82, 2.24) is 4.90 Å². The molecule has 2 rings (SSSR count). The van der Waals surface area contributed by atoms with Gasteiger partial charge in [0, 0.05) is 17.8 Å². The van der Waals surface area contributed by atoms with Gasteiger partial charge in [0.1, 0.15) is 11.6 Å². The molecular weight excluding hydrogens is 320 g/mol. The van der Waals surface area contributed by atoms with Crippen LogP contribution in [0.4, 0.5) is 10.5 Å². The average Bonchev–Trinajstić information content (AvgIpc) is 2.97. The zero-order valence-corrected chi connectivity index (χ0v) is 15.5. The zero-order chi connectivity index (χ0) is 18.8. The number of carbonyl (C=O) groups is 3. The molecule has 0 radical (unpaired) electrons. The molecule has 1 aromatic rings. The van der Waals surface area contributed by atoms with Gasteiger partial charge >= 0.3 is 6.09 Å². The lowest BCUT2D eigenvalue weighted by Crippen LogP contribution is -2.45. The van der Waals surface area contributed by atoms with Crippen LogP contribution >= 0.6 is 0 Å². The van der Waals surface area contributed by atoms with Crippen LogP contribution < -0.4 is 5.32 Å². The lowest BCUT2D eigenvalue weighted by atomic mass is 10.1. The van der Waals surface area contributed by atoms with Crippen molar-refractivity contribution in [3.05, 3.63) is 29.3 Å². The summed E-state index contributed by atoms with van der Waals surface area (Å²) in [6, 6.07) is 4.64. The maximum absolute atomic E-state index is 12.7. The number of nitrogens with zero attached hydrogens (tertiary/aromatic N) is 1. The fourth-order valence-electron chi connectivity index (χ4n) is 2.77. The quantitative estimate of drug-likeness (QED) is 0.850. The van der Waals surface area contributed by atoms with Crippen molar-refractivity contribution in [1.29, 1.82) is 0 Å². The molecule has 1 N–H and O–H groups in total. The van der Waals surface area contributed by atoms with E-state index >= 15 is 0 Å². The number of likely N-dealkylation sites (tertiary alicyclic amines) is 1. The molecule has 0 aromatic heterocycles. The van der Waals surface area contributed by atoms with Gasteiger partial charge in [0.15, 0.2) is 5.78 Å². The summed E-state index contributed by atoms with van der Waals surface area (Å²) >= 11 is 0. The zero-order valence-electron chi connectivity index (χ0n) is 15.5. The number of hydrogen-bond acceptors (Lipinski definition) is 4. The summed E-state index contributed by atoms with van der Waals surface area (Å²) in [5, 5.41) is 2.85.